The summed E-state index contributed by atoms with van der Waals surface area (Å²) in [5.41, 5.74) is 2.76. The van der Waals surface area contributed by atoms with Gasteiger partial charge in [-0.25, -0.2) is 4.98 Å². The van der Waals surface area contributed by atoms with E-state index in [-0.39, 0.29) is 0 Å². The second kappa shape index (κ2) is 7.68. The van der Waals surface area contributed by atoms with E-state index in [4.69, 9.17) is 9.97 Å². The number of hydrogen-bond acceptors (Lipinski definition) is 5. The Bertz CT molecular complexity index is 545. The van der Waals surface area contributed by atoms with Crippen LogP contribution >= 0.6 is 0 Å². The van der Waals surface area contributed by atoms with Gasteiger partial charge in [0.25, 0.3) is 0 Å². The predicted octanol–water partition coefficient (Wildman–Crippen LogP) is 2.90. The summed E-state index contributed by atoms with van der Waals surface area (Å²) in [6, 6.07) is 0.478. The van der Waals surface area contributed by atoms with E-state index in [9.17, 15) is 0 Å². The van der Waals surface area contributed by atoms with E-state index in [0.717, 1.165) is 45.0 Å². The van der Waals surface area contributed by atoms with Crippen molar-refractivity contribution in [3.63, 3.8) is 0 Å². The summed E-state index contributed by atoms with van der Waals surface area (Å²) < 4.78 is 0. The Morgan fingerprint density at radius 1 is 0.917 bits per heavy atom. The molecule has 2 saturated heterocycles. The smallest absolute Gasteiger partial charge is 0.225 e. The van der Waals surface area contributed by atoms with Gasteiger partial charge in [-0.05, 0) is 51.5 Å². The zero-order valence-corrected chi connectivity index (χ0v) is 14.8. The van der Waals surface area contributed by atoms with Crippen molar-refractivity contribution in [1.82, 2.24) is 15.3 Å². The van der Waals surface area contributed by atoms with Crippen LogP contribution in [-0.2, 0) is 12.8 Å². The van der Waals surface area contributed by atoms with Crippen molar-refractivity contribution in [1.29, 1.82) is 0 Å². The summed E-state index contributed by atoms with van der Waals surface area (Å²) in [7, 11) is 0. The fraction of sp³-hybridized carbons (Fsp3) is 0.789. The normalized spacial score (nSPS) is 25.0. The molecular formula is C19H31N5. The molecule has 0 amide bonds. The SMILES string of the molecule is C1CCc2nc(NC3CCNC3)nc(N3CCCCCC3)c2CC1. The first-order chi connectivity index (χ1) is 11.9. The number of aryl methyl sites for hydroxylation is 1. The van der Waals surface area contributed by atoms with Gasteiger partial charge in [-0.2, -0.15) is 4.98 Å². The summed E-state index contributed by atoms with van der Waals surface area (Å²) in [6.45, 7) is 4.45. The molecule has 1 aliphatic carbocycles. The third kappa shape index (κ3) is 3.66. The van der Waals surface area contributed by atoms with E-state index in [0.29, 0.717) is 6.04 Å². The maximum absolute atomic E-state index is 5.03. The number of hydrogen-bond donors (Lipinski definition) is 2. The molecule has 5 heteroatoms. The van der Waals surface area contributed by atoms with Crippen LogP contribution in [0.4, 0.5) is 11.8 Å². The number of nitrogens with one attached hydrogen (secondary N) is 2. The Hall–Kier alpha value is -1.36. The molecule has 1 atom stereocenters. The van der Waals surface area contributed by atoms with Crippen molar-refractivity contribution in [2.24, 2.45) is 0 Å². The van der Waals surface area contributed by atoms with Gasteiger partial charge in [-0.15, -0.1) is 0 Å². The molecule has 24 heavy (non-hydrogen) atoms. The second-order valence-electron chi connectivity index (χ2n) is 7.59. The molecule has 132 valence electrons. The van der Waals surface area contributed by atoms with Crippen LogP contribution in [0.15, 0.2) is 0 Å². The molecular weight excluding hydrogens is 298 g/mol. The minimum absolute atomic E-state index is 0.478. The first kappa shape index (κ1) is 16.1. The highest BCUT2D eigenvalue weighted by molar-refractivity contribution is 5.53. The van der Waals surface area contributed by atoms with Crippen LogP contribution in [0.5, 0.6) is 0 Å². The quantitative estimate of drug-likeness (QED) is 0.835. The summed E-state index contributed by atoms with van der Waals surface area (Å²) in [4.78, 5) is 12.5. The zero-order chi connectivity index (χ0) is 16.2. The standard InChI is InChI=1S/C19H31N5/c1-2-7-13-24(12-6-1)18-16-8-4-3-5-9-17(16)22-19(23-18)21-15-10-11-20-14-15/h15,20H,1-14H2,(H,21,22,23). The van der Waals surface area contributed by atoms with Crippen molar-refractivity contribution in [3.8, 4) is 0 Å². The maximum atomic E-state index is 5.03. The topological polar surface area (TPSA) is 53.1 Å². The number of fused-ring (bicyclic) bond motifs is 1. The lowest BCUT2D eigenvalue weighted by Gasteiger charge is -2.26. The summed E-state index contributed by atoms with van der Waals surface area (Å²) in [6.07, 6.45) is 12.7. The van der Waals surface area contributed by atoms with E-state index in [1.807, 2.05) is 0 Å². The first-order valence-corrected chi connectivity index (χ1v) is 10.0. The zero-order valence-electron chi connectivity index (χ0n) is 14.8. The summed E-state index contributed by atoms with van der Waals surface area (Å²) in [5.74, 6) is 2.11. The highest BCUT2D eigenvalue weighted by Gasteiger charge is 2.23. The minimum Gasteiger partial charge on any atom is -0.356 e. The first-order valence-electron chi connectivity index (χ1n) is 10.0. The number of aromatic nitrogens is 2. The molecule has 1 aromatic heterocycles. The molecule has 3 aliphatic rings. The molecule has 5 nitrogen and oxygen atoms in total. The van der Waals surface area contributed by atoms with Gasteiger partial charge in [0.05, 0.1) is 5.69 Å². The molecule has 2 fully saturated rings. The van der Waals surface area contributed by atoms with E-state index >= 15 is 0 Å². The van der Waals surface area contributed by atoms with Crippen molar-refractivity contribution in [2.75, 3.05) is 36.4 Å². The summed E-state index contributed by atoms with van der Waals surface area (Å²) >= 11 is 0. The maximum Gasteiger partial charge on any atom is 0.225 e. The van der Waals surface area contributed by atoms with E-state index < -0.39 is 0 Å². The van der Waals surface area contributed by atoms with Gasteiger partial charge in [0, 0.05) is 31.2 Å². The number of rotatable bonds is 3. The van der Waals surface area contributed by atoms with Crippen LogP contribution in [0, 0.1) is 0 Å². The number of nitrogens with zero attached hydrogens (tertiary/aromatic N) is 3. The monoisotopic (exact) mass is 329 g/mol. The molecule has 0 radical (unpaired) electrons. The lowest BCUT2D eigenvalue weighted by molar-refractivity contribution is 0.707. The number of anilines is 2. The van der Waals surface area contributed by atoms with Crippen LogP contribution in [0.3, 0.4) is 0 Å². The lowest BCUT2D eigenvalue weighted by Crippen LogP contribution is -2.29. The largest absolute Gasteiger partial charge is 0.356 e. The van der Waals surface area contributed by atoms with Gasteiger partial charge in [0.1, 0.15) is 5.82 Å². The van der Waals surface area contributed by atoms with Gasteiger partial charge in [-0.3, -0.25) is 0 Å². The van der Waals surface area contributed by atoms with Crippen LogP contribution in [0.2, 0.25) is 0 Å². The van der Waals surface area contributed by atoms with Gasteiger partial charge < -0.3 is 15.5 Å². The highest BCUT2D eigenvalue weighted by Crippen LogP contribution is 2.30. The Kier molecular flexibility index (Phi) is 5.16. The molecule has 0 saturated carbocycles. The highest BCUT2D eigenvalue weighted by atomic mass is 15.2. The second-order valence-corrected chi connectivity index (χ2v) is 7.59. The van der Waals surface area contributed by atoms with Crippen molar-refractivity contribution in [3.05, 3.63) is 11.3 Å². The predicted molar refractivity (Wildman–Crippen MR) is 98.9 cm³/mol. The van der Waals surface area contributed by atoms with E-state index in [1.165, 1.54) is 68.4 Å². The molecule has 2 N–H and O–H groups in total. The molecule has 0 aromatic carbocycles. The van der Waals surface area contributed by atoms with Crippen molar-refractivity contribution < 1.29 is 0 Å². The Labute approximate surface area is 145 Å². The molecule has 0 bridgehead atoms. The fourth-order valence-corrected chi connectivity index (χ4v) is 4.32. The lowest BCUT2D eigenvalue weighted by atomic mass is 10.1. The molecule has 1 unspecified atom stereocenters. The van der Waals surface area contributed by atoms with Gasteiger partial charge in [0.2, 0.25) is 5.95 Å². The fourth-order valence-electron chi connectivity index (χ4n) is 4.32. The average molecular weight is 329 g/mol. The van der Waals surface area contributed by atoms with Gasteiger partial charge >= 0.3 is 0 Å². The van der Waals surface area contributed by atoms with Crippen LogP contribution < -0.4 is 15.5 Å². The molecule has 3 heterocycles. The molecule has 0 spiro atoms. The van der Waals surface area contributed by atoms with Crippen LogP contribution in [-0.4, -0.2) is 42.2 Å². The average Bonchev–Trinajstić information content (AvgIpc) is 2.84. The van der Waals surface area contributed by atoms with E-state index in [1.54, 1.807) is 0 Å². The Morgan fingerprint density at radius 3 is 2.50 bits per heavy atom. The molecule has 4 rings (SSSR count). The van der Waals surface area contributed by atoms with Gasteiger partial charge in [-0.1, -0.05) is 19.3 Å². The van der Waals surface area contributed by atoms with Gasteiger partial charge in [0.15, 0.2) is 0 Å². The van der Waals surface area contributed by atoms with Crippen molar-refractivity contribution in [2.45, 2.75) is 70.3 Å². The third-order valence-corrected chi connectivity index (χ3v) is 5.71. The third-order valence-electron chi connectivity index (χ3n) is 5.71. The minimum atomic E-state index is 0.478. The van der Waals surface area contributed by atoms with Crippen LogP contribution in [0.25, 0.3) is 0 Å². The summed E-state index contributed by atoms with van der Waals surface area (Å²) in [5, 5.41) is 7.02. The van der Waals surface area contributed by atoms with E-state index in [2.05, 4.69) is 15.5 Å². The van der Waals surface area contributed by atoms with Crippen molar-refractivity contribution >= 4 is 11.8 Å². The Balaban J connectivity index is 1.65. The molecule has 2 aliphatic heterocycles. The van der Waals surface area contributed by atoms with Crippen LogP contribution in [0.1, 0.15) is 62.6 Å². The Morgan fingerprint density at radius 2 is 1.71 bits per heavy atom. The molecule has 1 aromatic rings.